The van der Waals surface area contributed by atoms with Gasteiger partial charge in [-0.25, -0.2) is 0 Å². The summed E-state index contributed by atoms with van der Waals surface area (Å²) in [7, 11) is 0. The summed E-state index contributed by atoms with van der Waals surface area (Å²) in [6.07, 6.45) is 2.35. The van der Waals surface area contributed by atoms with Crippen molar-refractivity contribution in [3.05, 3.63) is 0 Å². The van der Waals surface area contributed by atoms with Gasteiger partial charge in [0.25, 0.3) is 0 Å². The molecule has 0 radical (unpaired) electrons. The van der Waals surface area contributed by atoms with Crippen molar-refractivity contribution in [3.63, 3.8) is 0 Å². The molecule has 0 aromatic rings. The zero-order chi connectivity index (χ0) is 11.5. The van der Waals surface area contributed by atoms with Gasteiger partial charge in [0.05, 0.1) is 13.0 Å². The molecule has 0 fully saturated rings. The van der Waals surface area contributed by atoms with Crippen molar-refractivity contribution in [2.75, 3.05) is 32.8 Å². The van der Waals surface area contributed by atoms with Crippen LogP contribution in [0.4, 0.5) is 0 Å². The highest BCUT2D eigenvalue weighted by Crippen LogP contribution is 1.98. The number of hydrogen-bond donors (Lipinski definition) is 1. The van der Waals surface area contributed by atoms with Gasteiger partial charge in [-0.05, 0) is 26.3 Å². The molecular weight excluding hydrogens is 192 g/mol. The minimum atomic E-state index is 0.179. The molecule has 0 aromatic carbocycles. The normalized spacial score (nSPS) is 10.3. The largest absolute Gasteiger partial charge is 0.381 e. The first kappa shape index (κ1) is 14.4. The van der Waals surface area contributed by atoms with Crippen LogP contribution < -0.4 is 5.73 Å². The molecule has 90 valence electrons. The molecule has 15 heavy (non-hydrogen) atoms. The molecule has 0 aliphatic rings. The van der Waals surface area contributed by atoms with Gasteiger partial charge in [-0.3, -0.25) is 4.79 Å². The van der Waals surface area contributed by atoms with Crippen LogP contribution in [-0.4, -0.2) is 43.7 Å². The summed E-state index contributed by atoms with van der Waals surface area (Å²) < 4.78 is 5.16. The molecule has 4 nitrogen and oxygen atoms in total. The fourth-order valence-electron chi connectivity index (χ4n) is 1.38. The number of ether oxygens (including phenoxy) is 1. The monoisotopic (exact) mass is 216 g/mol. The molecule has 0 heterocycles. The summed E-state index contributed by atoms with van der Waals surface area (Å²) in [5.74, 6) is 0.179. The quantitative estimate of drug-likeness (QED) is 0.585. The van der Waals surface area contributed by atoms with Gasteiger partial charge in [-0.2, -0.15) is 0 Å². The van der Waals surface area contributed by atoms with E-state index in [9.17, 15) is 4.79 Å². The van der Waals surface area contributed by atoms with Gasteiger partial charge in [0, 0.05) is 19.7 Å². The van der Waals surface area contributed by atoms with Crippen LogP contribution >= 0.6 is 0 Å². The lowest BCUT2D eigenvalue weighted by molar-refractivity contribution is -0.132. The Balaban J connectivity index is 3.81. The third-order valence-electron chi connectivity index (χ3n) is 2.14. The zero-order valence-electron chi connectivity index (χ0n) is 10.00. The molecule has 0 atom stereocenters. The predicted molar refractivity (Wildman–Crippen MR) is 61.7 cm³/mol. The van der Waals surface area contributed by atoms with Crippen LogP contribution in [0, 0.1) is 0 Å². The highest BCUT2D eigenvalue weighted by atomic mass is 16.5. The van der Waals surface area contributed by atoms with Crippen LogP contribution in [0.15, 0.2) is 0 Å². The highest BCUT2D eigenvalue weighted by Gasteiger charge is 2.11. The molecule has 0 bridgehead atoms. The number of carbonyl (C=O) groups is 1. The van der Waals surface area contributed by atoms with E-state index in [1.807, 2.05) is 11.8 Å². The molecule has 0 unspecified atom stereocenters. The molecule has 1 amide bonds. The van der Waals surface area contributed by atoms with E-state index in [1.54, 1.807) is 0 Å². The third kappa shape index (κ3) is 7.33. The molecule has 0 aliphatic heterocycles. The Bertz CT molecular complexity index is 163. The fraction of sp³-hybridized carbons (Fsp3) is 0.909. The van der Waals surface area contributed by atoms with Crippen molar-refractivity contribution >= 4 is 5.91 Å². The molecule has 0 saturated carbocycles. The molecule has 0 aromatic heterocycles. The Morgan fingerprint density at radius 1 is 1.33 bits per heavy atom. The summed E-state index contributed by atoms with van der Waals surface area (Å²) in [5.41, 5.74) is 5.43. The second-order valence-electron chi connectivity index (χ2n) is 3.47. The van der Waals surface area contributed by atoms with Crippen LogP contribution in [0.2, 0.25) is 0 Å². The minimum Gasteiger partial charge on any atom is -0.381 e. The zero-order valence-corrected chi connectivity index (χ0v) is 10.00. The van der Waals surface area contributed by atoms with Crippen molar-refractivity contribution in [1.29, 1.82) is 0 Å². The van der Waals surface area contributed by atoms with E-state index in [-0.39, 0.29) is 5.91 Å². The number of hydrogen-bond acceptors (Lipinski definition) is 3. The van der Waals surface area contributed by atoms with Crippen molar-refractivity contribution in [1.82, 2.24) is 4.90 Å². The predicted octanol–water partition coefficient (Wildman–Crippen LogP) is 1.00. The lowest BCUT2D eigenvalue weighted by Crippen LogP contribution is -2.34. The SMILES string of the molecule is CCCN(CCCN)C(=O)CCOCC. The van der Waals surface area contributed by atoms with Crippen molar-refractivity contribution in [2.24, 2.45) is 5.73 Å². The topological polar surface area (TPSA) is 55.6 Å². The van der Waals surface area contributed by atoms with Gasteiger partial charge < -0.3 is 15.4 Å². The van der Waals surface area contributed by atoms with E-state index in [0.29, 0.717) is 26.2 Å². The van der Waals surface area contributed by atoms with Crippen LogP contribution in [0.3, 0.4) is 0 Å². The lowest BCUT2D eigenvalue weighted by atomic mass is 10.3. The number of nitrogens with zero attached hydrogens (tertiary/aromatic N) is 1. The van der Waals surface area contributed by atoms with E-state index < -0.39 is 0 Å². The molecular formula is C11H24N2O2. The molecule has 0 saturated heterocycles. The lowest BCUT2D eigenvalue weighted by Gasteiger charge is -2.21. The molecule has 0 aliphatic carbocycles. The van der Waals surface area contributed by atoms with Crippen LogP contribution in [-0.2, 0) is 9.53 Å². The average Bonchev–Trinajstić information content (AvgIpc) is 2.24. The number of amides is 1. The van der Waals surface area contributed by atoms with Crippen molar-refractivity contribution in [3.8, 4) is 0 Å². The van der Waals surface area contributed by atoms with Gasteiger partial charge in [0.2, 0.25) is 5.91 Å². The standard InChI is InChI=1S/C11H24N2O2/c1-3-8-13(9-5-7-12)11(14)6-10-15-4-2/h3-10,12H2,1-2H3. The first-order valence-corrected chi connectivity index (χ1v) is 5.81. The van der Waals surface area contributed by atoms with Gasteiger partial charge in [-0.15, -0.1) is 0 Å². The smallest absolute Gasteiger partial charge is 0.224 e. The Morgan fingerprint density at radius 3 is 2.60 bits per heavy atom. The summed E-state index contributed by atoms with van der Waals surface area (Å²) in [6, 6.07) is 0. The van der Waals surface area contributed by atoms with E-state index in [2.05, 4.69) is 6.92 Å². The van der Waals surface area contributed by atoms with Crippen LogP contribution in [0.5, 0.6) is 0 Å². The summed E-state index contributed by atoms with van der Waals surface area (Å²) >= 11 is 0. The maximum atomic E-state index is 11.7. The van der Waals surface area contributed by atoms with Crippen LogP contribution in [0.1, 0.15) is 33.1 Å². The van der Waals surface area contributed by atoms with E-state index in [0.717, 1.165) is 25.9 Å². The first-order chi connectivity index (χ1) is 7.26. The molecule has 4 heteroatoms. The third-order valence-corrected chi connectivity index (χ3v) is 2.14. The maximum absolute atomic E-state index is 11.7. The van der Waals surface area contributed by atoms with Crippen LogP contribution in [0.25, 0.3) is 0 Å². The van der Waals surface area contributed by atoms with E-state index >= 15 is 0 Å². The van der Waals surface area contributed by atoms with E-state index in [4.69, 9.17) is 10.5 Å². The molecule has 0 rings (SSSR count). The molecule has 0 spiro atoms. The Morgan fingerprint density at radius 2 is 2.07 bits per heavy atom. The Hall–Kier alpha value is -0.610. The van der Waals surface area contributed by atoms with Crippen molar-refractivity contribution < 1.29 is 9.53 Å². The van der Waals surface area contributed by atoms with Gasteiger partial charge >= 0.3 is 0 Å². The van der Waals surface area contributed by atoms with Gasteiger partial charge in [0.15, 0.2) is 0 Å². The second-order valence-corrected chi connectivity index (χ2v) is 3.47. The summed E-state index contributed by atoms with van der Waals surface area (Å²) in [6.45, 7) is 7.44. The number of carbonyl (C=O) groups excluding carboxylic acids is 1. The first-order valence-electron chi connectivity index (χ1n) is 5.81. The van der Waals surface area contributed by atoms with E-state index in [1.165, 1.54) is 0 Å². The fourth-order valence-corrected chi connectivity index (χ4v) is 1.38. The molecule has 2 N–H and O–H groups in total. The minimum absolute atomic E-state index is 0.179. The van der Waals surface area contributed by atoms with Gasteiger partial charge in [-0.1, -0.05) is 6.92 Å². The second kappa shape index (κ2) is 9.93. The average molecular weight is 216 g/mol. The highest BCUT2D eigenvalue weighted by molar-refractivity contribution is 5.76. The number of rotatable bonds is 9. The number of nitrogens with two attached hydrogens (primary N) is 1. The Labute approximate surface area is 92.8 Å². The summed E-state index contributed by atoms with van der Waals surface area (Å²) in [5, 5.41) is 0. The van der Waals surface area contributed by atoms with Crippen molar-refractivity contribution in [2.45, 2.75) is 33.1 Å². The Kier molecular flexibility index (Phi) is 9.52. The van der Waals surface area contributed by atoms with Gasteiger partial charge in [0.1, 0.15) is 0 Å². The maximum Gasteiger partial charge on any atom is 0.224 e. The summed E-state index contributed by atoms with van der Waals surface area (Å²) in [4.78, 5) is 13.6.